The van der Waals surface area contributed by atoms with Gasteiger partial charge in [0, 0.05) is 43.6 Å². The van der Waals surface area contributed by atoms with Crippen molar-refractivity contribution in [3.05, 3.63) is 29.7 Å². The number of nitrogens with two attached hydrogens (primary N) is 1. The summed E-state index contributed by atoms with van der Waals surface area (Å²) in [5, 5.41) is 0.107. The van der Waals surface area contributed by atoms with Gasteiger partial charge in [-0.1, -0.05) is 11.8 Å². The van der Waals surface area contributed by atoms with Crippen molar-refractivity contribution < 1.29 is 4.74 Å². The van der Waals surface area contributed by atoms with Crippen LogP contribution < -0.4 is 10.6 Å². The minimum absolute atomic E-state index is 0.107. The van der Waals surface area contributed by atoms with Crippen molar-refractivity contribution >= 4 is 23.7 Å². The van der Waals surface area contributed by atoms with Crippen molar-refractivity contribution in [2.24, 2.45) is 10.7 Å². The molecule has 0 fully saturated rings. The number of likely N-dealkylation sites (N-methyl/N-ethyl adjacent to an activating group) is 3. The van der Waals surface area contributed by atoms with Crippen molar-refractivity contribution in [2.75, 3.05) is 46.2 Å². The molecule has 3 rings (SSSR count). The molecule has 3 atom stereocenters. The average molecular weight is 377 g/mol. The standard InChI is InChI=1S/C18H28N6OS/c1-12-16-14(7-9-20-12)26-17(24(16)5)15(19)13-6-8-21-18(23(13)4)25-11-10-22(2)3/h6-9,15,17-18H,10-11,19H2,1-5H3. The first-order chi connectivity index (χ1) is 12.4. The maximum atomic E-state index is 6.68. The van der Waals surface area contributed by atoms with Gasteiger partial charge in [-0.3, -0.25) is 4.98 Å². The van der Waals surface area contributed by atoms with E-state index < -0.39 is 0 Å². The Kier molecular flexibility index (Phi) is 5.86. The lowest BCUT2D eigenvalue weighted by Crippen LogP contribution is -2.49. The first-order valence-electron chi connectivity index (χ1n) is 8.73. The van der Waals surface area contributed by atoms with Crippen LogP contribution in [0.25, 0.3) is 0 Å². The molecule has 0 aromatic carbocycles. The summed E-state index contributed by atoms with van der Waals surface area (Å²) in [5.41, 5.74) is 9.91. The van der Waals surface area contributed by atoms with Crippen LogP contribution in [-0.2, 0) is 4.74 Å². The summed E-state index contributed by atoms with van der Waals surface area (Å²) in [6, 6.07) is 1.89. The Hall–Kier alpha value is -1.61. The molecule has 3 heterocycles. The molecule has 0 saturated carbocycles. The number of allylic oxidation sites excluding steroid dienone is 1. The normalized spacial score (nSPS) is 23.4. The van der Waals surface area contributed by atoms with Gasteiger partial charge >= 0.3 is 0 Å². The monoisotopic (exact) mass is 376 g/mol. The van der Waals surface area contributed by atoms with Crippen LogP contribution in [0.1, 0.15) is 5.69 Å². The fraction of sp³-hybridized carbons (Fsp3) is 0.556. The number of aliphatic imine (C=N–C) groups is 1. The van der Waals surface area contributed by atoms with E-state index >= 15 is 0 Å². The predicted molar refractivity (Wildman–Crippen MR) is 108 cm³/mol. The molecule has 1 aromatic heterocycles. The first kappa shape index (κ1) is 19.2. The second-order valence-corrected chi connectivity index (χ2v) is 8.05. The van der Waals surface area contributed by atoms with Crippen LogP contribution >= 0.6 is 11.8 Å². The topological polar surface area (TPSA) is 70.2 Å². The molecular formula is C18H28N6OS. The third kappa shape index (κ3) is 3.73. The van der Waals surface area contributed by atoms with Crippen molar-refractivity contribution in [3.63, 3.8) is 0 Å². The number of nitrogens with zero attached hydrogens (tertiary/aromatic N) is 5. The van der Waals surface area contributed by atoms with Crippen LogP contribution in [0.15, 0.2) is 33.9 Å². The molecule has 0 amide bonds. The van der Waals surface area contributed by atoms with Gasteiger partial charge in [0.25, 0.3) is 0 Å². The molecule has 0 saturated heterocycles. The van der Waals surface area contributed by atoms with Gasteiger partial charge in [0.2, 0.25) is 6.35 Å². The molecule has 2 aliphatic heterocycles. The number of anilines is 1. The average Bonchev–Trinajstić information content (AvgIpc) is 2.94. The summed E-state index contributed by atoms with van der Waals surface area (Å²) in [4.78, 5) is 16.4. The largest absolute Gasteiger partial charge is 0.358 e. The molecule has 0 aliphatic carbocycles. The van der Waals surface area contributed by atoms with Gasteiger partial charge in [-0.15, -0.1) is 0 Å². The summed E-state index contributed by atoms with van der Waals surface area (Å²) >= 11 is 1.79. The fourth-order valence-corrected chi connectivity index (χ4v) is 4.59. The Bertz CT molecular complexity index is 707. The highest BCUT2D eigenvalue weighted by atomic mass is 32.2. The van der Waals surface area contributed by atoms with Gasteiger partial charge in [-0.25, -0.2) is 4.99 Å². The molecule has 26 heavy (non-hydrogen) atoms. The van der Waals surface area contributed by atoms with Crippen LogP contribution in [-0.4, -0.2) is 80.1 Å². The number of hydrogen-bond donors (Lipinski definition) is 1. The quantitative estimate of drug-likeness (QED) is 0.803. The number of fused-ring (bicyclic) bond motifs is 1. The van der Waals surface area contributed by atoms with E-state index in [4.69, 9.17) is 10.5 Å². The lowest BCUT2D eigenvalue weighted by molar-refractivity contribution is -0.0331. The van der Waals surface area contributed by atoms with E-state index in [9.17, 15) is 0 Å². The van der Waals surface area contributed by atoms with E-state index in [0.717, 1.165) is 17.9 Å². The third-order valence-electron chi connectivity index (χ3n) is 4.70. The molecular weight excluding hydrogens is 348 g/mol. The van der Waals surface area contributed by atoms with Gasteiger partial charge < -0.3 is 25.2 Å². The SMILES string of the molecule is Cc1nccc2c1N(C)C(C(N)C1=CC=NC(OCCN(C)C)N1C)S2. The number of ether oxygens (including phenoxy) is 1. The number of aryl methyl sites for hydroxylation is 1. The van der Waals surface area contributed by atoms with E-state index in [0.29, 0.717) is 6.61 Å². The third-order valence-corrected chi connectivity index (χ3v) is 6.14. The molecule has 0 radical (unpaired) electrons. The smallest absolute Gasteiger partial charge is 0.227 e. The van der Waals surface area contributed by atoms with Crippen molar-refractivity contribution in [3.8, 4) is 0 Å². The van der Waals surface area contributed by atoms with Gasteiger partial charge in [-0.2, -0.15) is 0 Å². The maximum Gasteiger partial charge on any atom is 0.227 e. The van der Waals surface area contributed by atoms with Crippen molar-refractivity contribution in [1.82, 2.24) is 14.8 Å². The summed E-state index contributed by atoms with van der Waals surface area (Å²) in [6.07, 6.45) is 5.31. The minimum atomic E-state index is -0.330. The van der Waals surface area contributed by atoms with Crippen LogP contribution in [0.5, 0.6) is 0 Å². The van der Waals surface area contributed by atoms with E-state index in [1.54, 1.807) is 18.0 Å². The van der Waals surface area contributed by atoms with E-state index in [1.165, 1.54) is 10.6 Å². The summed E-state index contributed by atoms with van der Waals surface area (Å²) in [6.45, 7) is 3.51. The zero-order chi connectivity index (χ0) is 18.8. The van der Waals surface area contributed by atoms with Crippen molar-refractivity contribution in [1.29, 1.82) is 0 Å². The Morgan fingerprint density at radius 1 is 1.35 bits per heavy atom. The molecule has 0 bridgehead atoms. The Morgan fingerprint density at radius 3 is 2.81 bits per heavy atom. The molecule has 8 heteroatoms. The highest BCUT2D eigenvalue weighted by Gasteiger charge is 2.37. The fourth-order valence-electron chi connectivity index (χ4n) is 3.24. The molecule has 0 spiro atoms. The van der Waals surface area contributed by atoms with Gasteiger partial charge in [0.1, 0.15) is 5.37 Å². The maximum absolute atomic E-state index is 6.68. The number of rotatable bonds is 6. The van der Waals surface area contributed by atoms with Crippen LogP contribution in [0.2, 0.25) is 0 Å². The van der Waals surface area contributed by atoms with Crippen LogP contribution in [0.3, 0.4) is 0 Å². The van der Waals surface area contributed by atoms with Crippen LogP contribution in [0.4, 0.5) is 5.69 Å². The molecule has 7 nitrogen and oxygen atoms in total. The van der Waals surface area contributed by atoms with E-state index in [-0.39, 0.29) is 17.8 Å². The number of aromatic nitrogens is 1. The predicted octanol–water partition coefficient (Wildman–Crippen LogP) is 1.35. The minimum Gasteiger partial charge on any atom is -0.358 e. The van der Waals surface area contributed by atoms with E-state index in [1.807, 2.05) is 45.2 Å². The second kappa shape index (κ2) is 7.96. The Balaban J connectivity index is 1.70. The van der Waals surface area contributed by atoms with E-state index in [2.05, 4.69) is 32.9 Å². The van der Waals surface area contributed by atoms with Gasteiger partial charge in [0.15, 0.2) is 0 Å². The molecule has 3 unspecified atom stereocenters. The molecule has 2 N–H and O–H groups in total. The summed E-state index contributed by atoms with van der Waals surface area (Å²) < 4.78 is 5.92. The molecule has 1 aromatic rings. The van der Waals surface area contributed by atoms with Crippen LogP contribution in [0, 0.1) is 6.92 Å². The Morgan fingerprint density at radius 2 is 2.12 bits per heavy atom. The summed E-state index contributed by atoms with van der Waals surface area (Å²) in [7, 11) is 8.13. The van der Waals surface area contributed by atoms with Crippen molar-refractivity contribution in [2.45, 2.75) is 29.6 Å². The number of hydrogen-bond acceptors (Lipinski definition) is 8. The lowest BCUT2D eigenvalue weighted by Gasteiger charge is -2.37. The van der Waals surface area contributed by atoms with Gasteiger partial charge in [0.05, 0.1) is 24.0 Å². The number of thioether (sulfide) groups is 1. The summed E-state index contributed by atoms with van der Waals surface area (Å²) in [5.74, 6) is 0. The molecule has 2 aliphatic rings. The highest BCUT2D eigenvalue weighted by Crippen LogP contribution is 2.45. The highest BCUT2D eigenvalue weighted by molar-refractivity contribution is 8.00. The second-order valence-electron chi connectivity index (χ2n) is 6.89. The zero-order valence-electron chi connectivity index (χ0n) is 16.1. The van der Waals surface area contributed by atoms with Gasteiger partial charge in [-0.05, 0) is 33.2 Å². The first-order valence-corrected chi connectivity index (χ1v) is 9.61. The zero-order valence-corrected chi connectivity index (χ0v) is 16.9. The molecule has 142 valence electrons. The lowest BCUT2D eigenvalue weighted by atomic mass is 10.1. The Labute approximate surface area is 159 Å². The number of pyridine rings is 1.